The Hall–Kier alpha value is -3.01. The van der Waals surface area contributed by atoms with E-state index in [1.54, 1.807) is 7.11 Å². The van der Waals surface area contributed by atoms with Gasteiger partial charge >= 0.3 is 5.97 Å². The molecule has 4 heteroatoms. The lowest BCUT2D eigenvalue weighted by atomic mass is 10.0. The molecule has 0 saturated carbocycles. The van der Waals surface area contributed by atoms with Gasteiger partial charge in [0.15, 0.2) is 0 Å². The number of carbonyl (C=O) groups excluding carboxylic acids is 1. The first-order valence-electron chi connectivity index (χ1n) is 9.19. The van der Waals surface area contributed by atoms with Gasteiger partial charge < -0.3 is 14.0 Å². The summed E-state index contributed by atoms with van der Waals surface area (Å²) in [6, 6.07) is 19.9. The quantitative estimate of drug-likeness (QED) is 0.547. The Bertz CT molecular complexity index is 909. The minimum absolute atomic E-state index is 0.186. The molecule has 0 aliphatic carbocycles. The highest BCUT2D eigenvalue weighted by molar-refractivity contribution is 5.92. The zero-order chi connectivity index (χ0) is 19.4. The monoisotopic (exact) mass is 363 g/mol. The number of carbonyl (C=O) groups is 1. The van der Waals surface area contributed by atoms with E-state index in [1.165, 1.54) is 0 Å². The first-order chi connectivity index (χ1) is 13.1. The van der Waals surface area contributed by atoms with E-state index >= 15 is 0 Å². The molecule has 0 unspecified atom stereocenters. The molecule has 0 bridgehead atoms. The number of hydrogen-bond acceptors (Lipinski definition) is 3. The second kappa shape index (κ2) is 8.12. The molecule has 0 saturated heterocycles. The van der Waals surface area contributed by atoms with E-state index in [1.807, 2.05) is 66.1 Å². The van der Waals surface area contributed by atoms with Crippen molar-refractivity contribution < 1.29 is 14.3 Å². The SMILES string of the molecule is CCOC(=O)c1c(C(C)C)cc(-c2ccccc2)n1-c1ccc(OC)cc1. The zero-order valence-electron chi connectivity index (χ0n) is 16.2. The standard InChI is InChI=1S/C23H25NO3/c1-5-27-23(25)22-20(16(2)3)15-21(17-9-7-6-8-10-17)24(22)18-11-13-19(26-4)14-12-18/h6-16H,5H2,1-4H3. The van der Waals surface area contributed by atoms with Gasteiger partial charge in [-0.05, 0) is 54.3 Å². The summed E-state index contributed by atoms with van der Waals surface area (Å²) in [5, 5.41) is 0. The van der Waals surface area contributed by atoms with Crippen LogP contribution in [0.25, 0.3) is 16.9 Å². The summed E-state index contributed by atoms with van der Waals surface area (Å²) in [5.41, 5.74) is 4.46. The van der Waals surface area contributed by atoms with Crippen LogP contribution >= 0.6 is 0 Å². The second-order valence-corrected chi connectivity index (χ2v) is 6.61. The number of methoxy groups -OCH3 is 1. The molecule has 0 radical (unpaired) electrons. The molecule has 2 aromatic carbocycles. The summed E-state index contributed by atoms with van der Waals surface area (Å²) >= 11 is 0. The topological polar surface area (TPSA) is 40.5 Å². The van der Waals surface area contributed by atoms with Gasteiger partial charge in [0.1, 0.15) is 11.4 Å². The van der Waals surface area contributed by atoms with E-state index in [-0.39, 0.29) is 11.9 Å². The first-order valence-corrected chi connectivity index (χ1v) is 9.19. The van der Waals surface area contributed by atoms with E-state index in [0.717, 1.165) is 28.3 Å². The molecule has 27 heavy (non-hydrogen) atoms. The number of ether oxygens (including phenoxy) is 2. The molecule has 0 amide bonds. The number of aromatic nitrogens is 1. The molecule has 140 valence electrons. The maximum absolute atomic E-state index is 12.9. The van der Waals surface area contributed by atoms with Gasteiger partial charge in [-0.25, -0.2) is 4.79 Å². The number of nitrogens with zero attached hydrogens (tertiary/aromatic N) is 1. The Morgan fingerprint density at radius 3 is 2.26 bits per heavy atom. The molecule has 4 nitrogen and oxygen atoms in total. The first kappa shape index (κ1) is 18.8. The zero-order valence-corrected chi connectivity index (χ0v) is 16.2. The van der Waals surface area contributed by atoms with Crippen LogP contribution in [-0.4, -0.2) is 24.3 Å². The highest BCUT2D eigenvalue weighted by Crippen LogP contribution is 2.34. The molecule has 0 atom stereocenters. The Labute approximate surface area is 160 Å². The maximum Gasteiger partial charge on any atom is 0.355 e. The summed E-state index contributed by atoms with van der Waals surface area (Å²) < 4.78 is 12.7. The molecule has 0 N–H and O–H groups in total. The van der Waals surface area contributed by atoms with Gasteiger partial charge in [0, 0.05) is 5.69 Å². The molecule has 1 aromatic heterocycles. The molecule has 3 aromatic rings. The van der Waals surface area contributed by atoms with E-state index in [2.05, 4.69) is 19.9 Å². The van der Waals surface area contributed by atoms with Crippen LogP contribution in [0.4, 0.5) is 0 Å². The molecule has 1 heterocycles. The molecule has 0 spiro atoms. The summed E-state index contributed by atoms with van der Waals surface area (Å²) in [6.45, 7) is 6.34. The summed E-state index contributed by atoms with van der Waals surface area (Å²) in [4.78, 5) is 12.9. The Kier molecular flexibility index (Phi) is 5.65. The summed E-state index contributed by atoms with van der Waals surface area (Å²) in [5.74, 6) is 0.652. The van der Waals surface area contributed by atoms with Gasteiger partial charge in [-0.2, -0.15) is 0 Å². The predicted molar refractivity (Wildman–Crippen MR) is 108 cm³/mol. The molecule has 0 fully saturated rings. The van der Waals surface area contributed by atoms with Gasteiger partial charge in [-0.3, -0.25) is 0 Å². The van der Waals surface area contributed by atoms with Crippen molar-refractivity contribution in [2.45, 2.75) is 26.7 Å². The highest BCUT2D eigenvalue weighted by Gasteiger charge is 2.25. The van der Waals surface area contributed by atoms with E-state index < -0.39 is 0 Å². The second-order valence-electron chi connectivity index (χ2n) is 6.61. The van der Waals surface area contributed by atoms with Crippen molar-refractivity contribution in [1.82, 2.24) is 4.57 Å². The molecular formula is C23H25NO3. The normalized spacial score (nSPS) is 10.9. The third-order valence-corrected chi connectivity index (χ3v) is 4.52. The molecule has 0 aliphatic rings. The number of esters is 1. The third kappa shape index (κ3) is 3.75. The van der Waals surface area contributed by atoms with Gasteiger partial charge in [0.05, 0.1) is 19.4 Å². The average Bonchev–Trinajstić information content (AvgIpc) is 3.10. The van der Waals surface area contributed by atoms with Crippen molar-refractivity contribution in [1.29, 1.82) is 0 Å². The van der Waals surface area contributed by atoms with Gasteiger partial charge in [-0.1, -0.05) is 44.2 Å². The average molecular weight is 363 g/mol. The number of benzene rings is 2. The predicted octanol–water partition coefficient (Wildman–Crippen LogP) is 5.45. The van der Waals surface area contributed by atoms with Crippen molar-refractivity contribution in [3.8, 4) is 22.7 Å². The van der Waals surface area contributed by atoms with Gasteiger partial charge in [0.25, 0.3) is 0 Å². The fourth-order valence-corrected chi connectivity index (χ4v) is 3.20. The van der Waals surface area contributed by atoms with Crippen molar-refractivity contribution in [2.75, 3.05) is 13.7 Å². The number of rotatable bonds is 6. The summed E-state index contributed by atoms with van der Waals surface area (Å²) in [7, 11) is 1.64. The lowest BCUT2D eigenvalue weighted by molar-refractivity contribution is 0.0515. The van der Waals surface area contributed by atoms with Crippen LogP contribution in [0, 0.1) is 0 Å². The highest BCUT2D eigenvalue weighted by atomic mass is 16.5. The lowest BCUT2D eigenvalue weighted by Crippen LogP contribution is -2.14. The van der Waals surface area contributed by atoms with Crippen LogP contribution in [0.3, 0.4) is 0 Å². The fourth-order valence-electron chi connectivity index (χ4n) is 3.20. The maximum atomic E-state index is 12.9. The summed E-state index contributed by atoms with van der Waals surface area (Å²) in [6.07, 6.45) is 0. The van der Waals surface area contributed by atoms with E-state index in [4.69, 9.17) is 9.47 Å². The van der Waals surface area contributed by atoms with E-state index in [9.17, 15) is 4.79 Å². The van der Waals surface area contributed by atoms with Crippen LogP contribution in [0.2, 0.25) is 0 Å². The van der Waals surface area contributed by atoms with Crippen LogP contribution in [-0.2, 0) is 4.74 Å². The van der Waals surface area contributed by atoms with E-state index in [0.29, 0.717) is 12.3 Å². The Morgan fingerprint density at radius 1 is 1.04 bits per heavy atom. The molecule has 0 aliphatic heterocycles. The van der Waals surface area contributed by atoms with Crippen LogP contribution in [0.5, 0.6) is 5.75 Å². The van der Waals surface area contributed by atoms with Crippen molar-refractivity contribution >= 4 is 5.97 Å². The Morgan fingerprint density at radius 2 is 1.70 bits per heavy atom. The van der Waals surface area contributed by atoms with Crippen molar-refractivity contribution in [3.63, 3.8) is 0 Å². The van der Waals surface area contributed by atoms with Crippen molar-refractivity contribution in [3.05, 3.63) is 71.9 Å². The minimum atomic E-state index is -0.306. The Balaban J connectivity index is 2.29. The molecular weight excluding hydrogens is 338 g/mol. The van der Waals surface area contributed by atoms with Crippen molar-refractivity contribution in [2.24, 2.45) is 0 Å². The van der Waals surface area contributed by atoms with Crippen LogP contribution in [0.1, 0.15) is 42.7 Å². The van der Waals surface area contributed by atoms with Crippen LogP contribution < -0.4 is 4.74 Å². The lowest BCUT2D eigenvalue weighted by Gasteiger charge is -2.15. The van der Waals surface area contributed by atoms with Gasteiger partial charge in [-0.15, -0.1) is 0 Å². The van der Waals surface area contributed by atoms with Gasteiger partial charge in [0.2, 0.25) is 0 Å². The minimum Gasteiger partial charge on any atom is -0.497 e. The largest absolute Gasteiger partial charge is 0.497 e. The third-order valence-electron chi connectivity index (χ3n) is 4.52. The fraction of sp³-hybridized carbons (Fsp3) is 0.261. The number of hydrogen-bond donors (Lipinski definition) is 0. The molecule has 3 rings (SSSR count). The van der Waals surface area contributed by atoms with Crippen LogP contribution in [0.15, 0.2) is 60.7 Å². The smallest absolute Gasteiger partial charge is 0.355 e.